The van der Waals surface area contributed by atoms with Crippen LogP contribution in [0.5, 0.6) is 0 Å². The number of likely N-dealkylation sites (tertiary alicyclic amines) is 1. The Labute approximate surface area is 128 Å². The van der Waals surface area contributed by atoms with Gasteiger partial charge in [-0.3, -0.25) is 9.59 Å². The molecule has 0 radical (unpaired) electrons. The molecule has 5 heteroatoms. The predicted molar refractivity (Wildman–Crippen MR) is 82.2 cm³/mol. The van der Waals surface area contributed by atoms with Gasteiger partial charge in [0.1, 0.15) is 5.82 Å². The Morgan fingerprint density at radius 2 is 1.86 bits per heavy atom. The molecule has 1 aliphatic rings. The summed E-state index contributed by atoms with van der Waals surface area (Å²) < 4.78 is 13.9. The van der Waals surface area contributed by atoms with Gasteiger partial charge in [0.15, 0.2) is 5.78 Å². The third kappa shape index (κ3) is 4.56. The van der Waals surface area contributed by atoms with Gasteiger partial charge in [-0.15, -0.1) is 11.8 Å². The summed E-state index contributed by atoms with van der Waals surface area (Å²) in [5, 5.41) is 0. The lowest BCUT2D eigenvalue weighted by Gasteiger charge is -2.20. The minimum Gasteiger partial charge on any atom is -0.342 e. The number of halogens is 1. The van der Waals surface area contributed by atoms with E-state index < -0.39 is 5.82 Å². The molecular formula is C16H20FNO2S. The second-order valence-corrected chi connectivity index (χ2v) is 6.30. The number of nitrogens with zero attached hydrogens (tertiary/aromatic N) is 1. The van der Waals surface area contributed by atoms with Crippen molar-refractivity contribution in [3.05, 3.63) is 29.6 Å². The molecule has 0 aliphatic carbocycles. The number of rotatable bonds is 4. The molecule has 1 saturated heterocycles. The monoisotopic (exact) mass is 309 g/mol. The minimum absolute atomic E-state index is 0.0666. The number of carbonyl (C=O) groups is 2. The van der Waals surface area contributed by atoms with Crippen molar-refractivity contribution in [1.82, 2.24) is 4.90 Å². The van der Waals surface area contributed by atoms with Crippen molar-refractivity contribution in [3.8, 4) is 0 Å². The topological polar surface area (TPSA) is 37.4 Å². The smallest absolute Gasteiger partial charge is 0.232 e. The van der Waals surface area contributed by atoms with E-state index in [0.29, 0.717) is 10.5 Å². The highest BCUT2D eigenvalue weighted by Crippen LogP contribution is 2.23. The fourth-order valence-corrected chi connectivity index (χ4v) is 3.21. The van der Waals surface area contributed by atoms with Crippen molar-refractivity contribution in [2.75, 3.05) is 18.8 Å². The number of hydrogen-bond acceptors (Lipinski definition) is 3. The molecule has 21 heavy (non-hydrogen) atoms. The molecule has 0 atom stereocenters. The van der Waals surface area contributed by atoms with E-state index in [1.54, 1.807) is 12.1 Å². The molecular weight excluding hydrogens is 289 g/mol. The van der Waals surface area contributed by atoms with Crippen LogP contribution in [0, 0.1) is 5.82 Å². The van der Waals surface area contributed by atoms with E-state index in [2.05, 4.69) is 0 Å². The Morgan fingerprint density at radius 1 is 1.19 bits per heavy atom. The maximum Gasteiger partial charge on any atom is 0.232 e. The molecule has 2 rings (SSSR count). The van der Waals surface area contributed by atoms with Gasteiger partial charge < -0.3 is 4.90 Å². The van der Waals surface area contributed by atoms with Crippen LogP contribution in [0.1, 0.15) is 43.0 Å². The van der Waals surface area contributed by atoms with Crippen molar-refractivity contribution < 1.29 is 14.0 Å². The first-order valence-electron chi connectivity index (χ1n) is 7.29. The van der Waals surface area contributed by atoms with Gasteiger partial charge in [0.05, 0.1) is 5.75 Å². The van der Waals surface area contributed by atoms with E-state index in [1.807, 2.05) is 4.90 Å². The van der Waals surface area contributed by atoms with Gasteiger partial charge in [0.25, 0.3) is 0 Å². The van der Waals surface area contributed by atoms with E-state index in [9.17, 15) is 14.0 Å². The molecule has 1 aromatic carbocycles. The maximum absolute atomic E-state index is 13.9. The lowest BCUT2D eigenvalue weighted by atomic mass is 10.1. The molecule has 1 fully saturated rings. The average molecular weight is 309 g/mol. The van der Waals surface area contributed by atoms with Gasteiger partial charge in [-0.2, -0.15) is 0 Å². The largest absolute Gasteiger partial charge is 0.342 e. The number of hydrogen-bond donors (Lipinski definition) is 0. The average Bonchev–Trinajstić information content (AvgIpc) is 2.74. The van der Waals surface area contributed by atoms with Crippen LogP contribution in [-0.4, -0.2) is 35.4 Å². The SMILES string of the molecule is CC(=O)c1ccc(SCC(=O)N2CCCCCC2)c(F)c1. The molecule has 3 nitrogen and oxygen atoms in total. The molecule has 1 aromatic rings. The zero-order valence-electron chi connectivity index (χ0n) is 12.2. The van der Waals surface area contributed by atoms with Gasteiger partial charge in [0.2, 0.25) is 5.91 Å². The Hall–Kier alpha value is -1.36. The van der Waals surface area contributed by atoms with Crippen molar-refractivity contribution in [3.63, 3.8) is 0 Å². The number of thioether (sulfide) groups is 1. The first kappa shape index (κ1) is 16.0. The van der Waals surface area contributed by atoms with Gasteiger partial charge in [-0.25, -0.2) is 4.39 Å². The van der Waals surface area contributed by atoms with Crippen molar-refractivity contribution in [2.24, 2.45) is 0 Å². The van der Waals surface area contributed by atoms with Gasteiger partial charge >= 0.3 is 0 Å². The number of benzene rings is 1. The molecule has 1 aliphatic heterocycles. The Balaban J connectivity index is 1.93. The number of Topliss-reactive ketones (excluding diaryl/α,β-unsaturated/α-hetero) is 1. The highest BCUT2D eigenvalue weighted by molar-refractivity contribution is 8.00. The third-order valence-electron chi connectivity index (χ3n) is 3.65. The number of amides is 1. The highest BCUT2D eigenvalue weighted by atomic mass is 32.2. The van der Waals surface area contributed by atoms with Gasteiger partial charge in [-0.05, 0) is 31.9 Å². The van der Waals surface area contributed by atoms with Gasteiger partial charge in [-0.1, -0.05) is 18.9 Å². The Bertz CT molecular complexity index is 525. The van der Waals surface area contributed by atoms with Crippen LogP contribution in [0.25, 0.3) is 0 Å². The summed E-state index contributed by atoms with van der Waals surface area (Å²) >= 11 is 1.20. The number of ketones is 1. The van der Waals surface area contributed by atoms with E-state index in [0.717, 1.165) is 25.9 Å². The van der Waals surface area contributed by atoms with E-state index >= 15 is 0 Å². The summed E-state index contributed by atoms with van der Waals surface area (Å²) in [6.07, 6.45) is 4.46. The number of carbonyl (C=O) groups excluding carboxylic acids is 2. The highest BCUT2D eigenvalue weighted by Gasteiger charge is 2.16. The Kier molecular flexibility index (Phi) is 5.79. The summed E-state index contributed by atoms with van der Waals surface area (Å²) in [4.78, 5) is 25.6. The fraction of sp³-hybridized carbons (Fsp3) is 0.500. The molecule has 0 saturated carbocycles. The van der Waals surface area contributed by atoms with Crippen molar-refractivity contribution in [2.45, 2.75) is 37.5 Å². The maximum atomic E-state index is 13.9. The molecule has 0 aromatic heterocycles. The summed E-state index contributed by atoms with van der Waals surface area (Å²) in [6.45, 7) is 3.03. The normalized spacial score (nSPS) is 15.6. The molecule has 0 bridgehead atoms. The van der Waals surface area contributed by atoms with Crippen LogP contribution in [0.4, 0.5) is 4.39 Å². The second kappa shape index (κ2) is 7.59. The molecule has 114 valence electrons. The van der Waals surface area contributed by atoms with Crippen LogP contribution in [0.2, 0.25) is 0 Å². The van der Waals surface area contributed by atoms with E-state index in [1.165, 1.54) is 37.6 Å². The van der Waals surface area contributed by atoms with Crippen molar-refractivity contribution in [1.29, 1.82) is 0 Å². The summed E-state index contributed by atoms with van der Waals surface area (Å²) in [5.74, 6) is -0.282. The Morgan fingerprint density at radius 3 is 2.43 bits per heavy atom. The minimum atomic E-state index is -0.434. The second-order valence-electron chi connectivity index (χ2n) is 5.29. The molecule has 1 heterocycles. The molecule has 0 N–H and O–H groups in total. The first-order chi connectivity index (χ1) is 10.1. The lowest BCUT2D eigenvalue weighted by molar-refractivity contribution is -0.128. The van der Waals surface area contributed by atoms with Crippen LogP contribution < -0.4 is 0 Å². The fourth-order valence-electron chi connectivity index (χ4n) is 2.39. The summed E-state index contributed by atoms with van der Waals surface area (Å²) in [7, 11) is 0. The van der Waals surface area contributed by atoms with E-state index in [4.69, 9.17) is 0 Å². The predicted octanol–water partition coefficient (Wildman–Crippen LogP) is 3.52. The zero-order valence-corrected chi connectivity index (χ0v) is 13.0. The summed E-state index contributed by atoms with van der Waals surface area (Å²) in [6, 6.07) is 4.41. The van der Waals surface area contributed by atoms with Crippen LogP contribution >= 0.6 is 11.8 Å². The van der Waals surface area contributed by atoms with Crippen LogP contribution in [-0.2, 0) is 4.79 Å². The van der Waals surface area contributed by atoms with Gasteiger partial charge in [0, 0.05) is 23.5 Å². The zero-order chi connectivity index (χ0) is 15.2. The van der Waals surface area contributed by atoms with Crippen LogP contribution in [0.15, 0.2) is 23.1 Å². The molecule has 0 unspecified atom stereocenters. The standard InChI is InChI=1S/C16H20FNO2S/c1-12(19)13-6-7-15(14(17)10-13)21-11-16(20)18-8-4-2-3-5-9-18/h6-7,10H,2-5,8-9,11H2,1H3. The quantitative estimate of drug-likeness (QED) is 0.631. The van der Waals surface area contributed by atoms with Crippen LogP contribution in [0.3, 0.4) is 0 Å². The van der Waals surface area contributed by atoms with Crippen molar-refractivity contribution >= 4 is 23.5 Å². The first-order valence-corrected chi connectivity index (χ1v) is 8.27. The van der Waals surface area contributed by atoms with E-state index in [-0.39, 0.29) is 17.4 Å². The third-order valence-corrected chi connectivity index (χ3v) is 4.68. The molecule has 1 amide bonds. The molecule has 0 spiro atoms. The summed E-state index contributed by atoms with van der Waals surface area (Å²) in [5.41, 5.74) is 0.357. The lowest BCUT2D eigenvalue weighted by Crippen LogP contribution is -2.33.